The molecule has 0 aromatic heterocycles. The third-order valence-corrected chi connectivity index (χ3v) is 3.29. The van der Waals surface area contributed by atoms with Gasteiger partial charge in [-0.1, -0.05) is 29.5 Å². The lowest BCUT2D eigenvalue weighted by molar-refractivity contribution is 0.306. The Morgan fingerprint density at radius 1 is 1.24 bits per heavy atom. The molecule has 2 nitrogen and oxygen atoms in total. The minimum Gasteiger partial charge on any atom is -0.489 e. The lowest BCUT2D eigenvalue weighted by Crippen LogP contribution is -1.97. The summed E-state index contributed by atoms with van der Waals surface area (Å²) in [7, 11) is 0. The van der Waals surface area contributed by atoms with Gasteiger partial charge in [0.1, 0.15) is 24.8 Å². The van der Waals surface area contributed by atoms with Crippen LogP contribution in [0.15, 0.2) is 36.4 Å². The van der Waals surface area contributed by atoms with Crippen LogP contribution in [0.3, 0.4) is 0 Å². The van der Waals surface area contributed by atoms with Crippen molar-refractivity contribution in [2.75, 3.05) is 6.61 Å². The fraction of sp³-hybridized carbons (Fsp3) is 0.176. The van der Waals surface area contributed by atoms with Crippen LogP contribution in [-0.2, 0) is 6.61 Å². The summed E-state index contributed by atoms with van der Waals surface area (Å²) < 4.78 is 19.2. The Bertz CT molecular complexity index is 702. The number of ether oxygens (including phenoxy) is 1. The maximum absolute atomic E-state index is 13.5. The summed E-state index contributed by atoms with van der Waals surface area (Å²) >= 11 is 5.95. The van der Waals surface area contributed by atoms with E-state index < -0.39 is 5.82 Å². The van der Waals surface area contributed by atoms with Gasteiger partial charge in [-0.15, -0.1) is 0 Å². The van der Waals surface area contributed by atoms with Gasteiger partial charge in [0.05, 0.1) is 5.56 Å². The van der Waals surface area contributed by atoms with Crippen molar-refractivity contribution in [1.82, 2.24) is 0 Å². The summed E-state index contributed by atoms with van der Waals surface area (Å²) in [5.41, 5.74) is 1.98. The first-order chi connectivity index (χ1) is 10.1. The second-order valence-electron chi connectivity index (χ2n) is 4.47. The minimum absolute atomic E-state index is 0.248. The Hall–Kier alpha value is -2.02. The van der Waals surface area contributed by atoms with Crippen molar-refractivity contribution in [2.24, 2.45) is 0 Å². The lowest BCUT2D eigenvalue weighted by atomic mass is 10.1. The molecule has 0 unspecified atom stereocenters. The molecule has 0 fully saturated rings. The molecule has 0 atom stereocenters. The molecule has 0 heterocycles. The van der Waals surface area contributed by atoms with E-state index in [-0.39, 0.29) is 12.2 Å². The Balaban J connectivity index is 2.11. The van der Waals surface area contributed by atoms with Crippen molar-refractivity contribution in [3.05, 3.63) is 63.9 Å². The maximum atomic E-state index is 13.5. The highest BCUT2D eigenvalue weighted by Crippen LogP contribution is 2.22. The molecule has 0 bridgehead atoms. The zero-order chi connectivity index (χ0) is 15.2. The van der Waals surface area contributed by atoms with E-state index in [2.05, 4.69) is 11.8 Å². The van der Waals surface area contributed by atoms with Crippen LogP contribution in [0.5, 0.6) is 5.75 Å². The molecule has 1 N–H and O–H groups in total. The van der Waals surface area contributed by atoms with Crippen LogP contribution in [0.2, 0.25) is 5.02 Å². The predicted molar refractivity (Wildman–Crippen MR) is 80.9 cm³/mol. The zero-order valence-corrected chi connectivity index (χ0v) is 12.2. The van der Waals surface area contributed by atoms with E-state index in [4.69, 9.17) is 21.4 Å². The highest BCUT2D eigenvalue weighted by Gasteiger charge is 2.03. The molecule has 0 amide bonds. The predicted octanol–water partition coefficient (Wildman–Crippen LogP) is 3.71. The molecule has 0 aliphatic rings. The van der Waals surface area contributed by atoms with Crippen LogP contribution in [-0.4, -0.2) is 11.7 Å². The largest absolute Gasteiger partial charge is 0.489 e. The summed E-state index contributed by atoms with van der Waals surface area (Å²) in [4.78, 5) is 0. The van der Waals surface area contributed by atoms with Crippen molar-refractivity contribution in [1.29, 1.82) is 0 Å². The Kier molecular flexibility index (Phi) is 5.21. The van der Waals surface area contributed by atoms with Crippen molar-refractivity contribution in [3.8, 4) is 17.6 Å². The van der Waals surface area contributed by atoms with E-state index in [1.807, 2.05) is 13.0 Å². The van der Waals surface area contributed by atoms with E-state index in [1.54, 1.807) is 24.3 Å². The quantitative estimate of drug-likeness (QED) is 0.876. The van der Waals surface area contributed by atoms with E-state index in [9.17, 15) is 4.39 Å². The first-order valence-corrected chi connectivity index (χ1v) is 6.75. The highest BCUT2D eigenvalue weighted by atomic mass is 35.5. The summed E-state index contributed by atoms with van der Waals surface area (Å²) in [6.07, 6.45) is 0. The number of halogens is 2. The number of benzene rings is 2. The monoisotopic (exact) mass is 304 g/mol. The van der Waals surface area contributed by atoms with Crippen LogP contribution in [0.4, 0.5) is 4.39 Å². The molecule has 21 heavy (non-hydrogen) atoms. The fourth-order valence-corrected chi connectivity index (χ4v) is 1.88. The van der Waals surface area contributed by atoms with Gasteiger partial charge < -0.3 is 9.84 Å². The van der Waals surface area contributed by atoms with Crippen molar-refractivity contribution in [3.63, 3.8) is 0 Å². The Morgan fingerprint density at radius 3 is 2.76 bits per heavy atom. The molecule has 0 aliphatic carbocycles. The van der Waals surface area contributed by atoms with E-state index >= 15 is 0 Å². The first-order valence-electron chi connectivity index (χ1n) is 6.37. The van der Waals surface area contributed by atoms with Gasteiger partial charge in [0.2, 0.25) is 0 Å². The normalized spacial score (nSPS) is 9.90. The summed E-state index contributed by atoms with van der Waals surface area (Å²) in [5.74, 6) is 5.28. The molecule has 108 valence electrons. The van der Waals surface area contributed by atoms with Crippen molar-refractivity contribution >= 4 is 11.6 Å². The van der Waals surface area contributed by atoms with Crippen LogP contribution in [0.1, 0.15) is 16.7 Å². The average Bonchev–Trinajstić information content (AvgIpc) is 2.48. The Labute approximate surface area is 128 Å². The van der Waals surface area contributed by atoms with Gasteiger partial charge in [-0.2, -0.15) is 0 Å². The molecule has 2 aromatic rings. The van der Waals surface area contributed by atoms with Crippen LogP contribution >= 0.6 is 11.6 Å². The lowest BCUT2D eigenvalue weighted by Gasteiger charge is -2.08. The molecule has 4 heteroatoms. The second-order valence-corrected chi connectivity index (χ2v) is 4.88. The van der Waals surface area contributed by atoms with Gasteiger partial charge in [0.15, 0.2) is 0 Å². The number of aliphatic hydroxyl groups is 1. The van der Waals surface area contributed by atoms with Crippen LogP contribution < -0.4 is 4.74 Å². The van der Waals surface area contributed by atoms with Crippen LogP contribution in [0, 0.1) is 24.6 Å². The number of aryl methyl sites for hydroxylation is 1. The standard InChI is InChI=1S/C17H14ClFO2/c1-12-9-15(5-6-16(12)18)21-11-13-4-7-17(19)14(10-13)3-2-8-20/h4-7,9-10,20H,8,11H2,1H3. The van der Waals surface area contributed by atoms with E-state index in [1.165, 1.54) is 6.07 Å². The molecule has 0 spiro atoms. The summed E-state index contributed by atoms with van der Waals surface area (Å²) in [6.45, 7) is 1.90. The zero-order valence-electron chi connectivity index (χ0n) is 11.5. The van der Waals surface area contributed by atoms with Gasteiger partial charge in [-0.3, -0.25) is 0 Å². The first kappa shape index (κ1) is 15.4. The topological polar surface area (TPSA) is 29.5 Å². The fourth-order valence-electron chi connectivity index (χ4n) is 1.77. The van der Waals surface area contributed by atoms with Gasteiger partial charge >= 0.3 is 0 Å². The molecular formula is C17H14ClFO2. The minimum atomic E-state index is -0.415. The third-order valence-electron chi connectivity index (χ3n) is 2.87. The van der Waals surface area contributed by atoms with E-state index in [0.717, 1.165) is 11.1 Å². The number of rotatable bonds is 3. The van der Waals surface area contributed by atoms with Crippen LogP contribution in [0.25, 0.3) is 0 Å². The number of aliphatic hydroxyl groups excluding tert-OH is 1. The van der Waals surface area contributed by atoms with E-state index in [0.29, 0.717) is 17.4 Å². The third kappa shape index (κ3) is 4.22. The Morgan fingerprint density at radius 2 is 2.05 bits per heavy atom. The molecule has 0 saturated heterocycles. The second kappa shape index (κ2) is 7.12. The number of hydrogen-bond acceptors (Lipinski definition) is 2. The maximum Gasteiger partial charge on any atom is 0.138 e. The molecule has 2 rings (SSSR count). The van der Waals surface area contributed by atoms with Crippen molar-refractivity contribution in [2.45, 2.75) is 13.5 Å². The molecule has 2 aromatic carbocycles. The van der Waals surface area contributed by atoms with Crippen molar-refractivity contribution < 1.29 is 14.2 Å². The van der Waals surface area contributed by atoms with Gasteiger partial charge in [-0.25, -0.2) is 4.39 Å². The average molecular weight is 305 g/mol. The smallest absolute Gasteiger partial charge is 0.138 e. The van der Waals surface area contributed by atoms with Gasteiger partial charge in [0, 0.05) is 5.02 Å². The summed E-state index contributed by atoms with van der Waals surface area (Å²) in [6, 6.07) is 9.99. The van der Waals surface area contributed by atoms with Gasteiger partial charge in [0.25, 0.3) is 0 Å². The number of hydrogen-bond donors (Lipinski definition) is 1. The molecule has 0 saturated carbocycles. The summed E-state index contributed by atoms with van der Waals surface area (Å²) in [5, 5.41) is 9.34. The SMILES string of the molecule is Cc1cc(OCc2ccc(F)c(C#CCO)c2)ccc1Cl. The molecular weight excluding hydrogens is 291 g/mol. The highest BCUT2D eigenvalue weighted by molar-refractivity contribution is 6.31. The molecule has 0 radical (unpaired) electrons. The van der Waals surface area contributed by atoms with Gasteiger partial charge in [-0.05, 0) is 48.4 Å². The molecule has 0 aliphatic heterocycles.